The Balaban J connectivity index is 2.58. The van der Waals surface area contributed by atoms with Crippen LogP contribution >= 0.6 is 11.8 Å². The summed E-state index contributed by atoms with van der Waals surface area (Å²) in [5, 5.41) is 11.5. The maximum Gasteiger partial charge on any atom is 0.221 e. The van der Waals surface area contributed by atoms with E-state index in [0.29, 0.717) is 11.4 Å². The predicted octanol–water partition coefficient (Wildman–Crippen LogP) is 1.20. The van der Waals surface area contributed by atoms with Gasteiger partial charge in [0.15, 0.2) is 11.7 Å². The van der Waals surface area contributed by atoms with Crippen molar-refractivity contribution in [1.29, 1.82) is 5.26 Å². The molecule has 0 radical (unpaired) electrons. The topological polar surface area (TPSA) is 97.6 Å². The Morgan fingerprint density at radius 1 is 1.45 bits per heavy atom. The van der Waals surface area contributed by atoms with Crippen molar-refractivity contribution in [2.45, 2.75) is 11.8 Å². The number of benzene rings is 1. The second-order valence-electron chi connectivity index (χ2n) is 4.18. The van der Waals surface area contributed by atoms with Crippen LogP contribution in [0.2, 0.25) is 0 Å². The van der Waals surface area contributed by atoms with E-state index in [1.54, 1.807) is 12.1 Å². The fraction of sp³-hybridized carbons (Fsp3) is 0.214. The van der Waals surface area contributed by atoms with Crippen LogP contribution in [0.1, 0.15) is 6.92 Å². The maximum atomic E-state index is 11.8. The fourth-order valence-corrected chi connectivity index (χ4v) is 2.27. The molecule has 1 amide bonds. The number of carbonyl (C=O) groups is 2. The molecule has 104 valence electrons. The number of nitrogens with zero attached hydrogens (tertiary/aromatic N) is 1. The lowest BCUT2D eigenvalue weighted by atomic mass is 10.1. The van der Waals surface area contributed by atoms with Gasteiger partial charge in [-0.25, -0.2) is 0 Å². The number of nitrogens with one attached hydrogen (secondary N) is 1. The van der Waals surface area contributed by atoms with Crippen LogP contribution in [0.25, 0.3) is 0 Å². The van der Waals surface area contributed by atoms with Crippen LogP contribution < -0.4 is 11.1 Å². The van der Waals surface area contributed by atoms with E-state index in [1.807, 2.05) is 18.2 Å². The van der Waals surface area contributed by atoms with E-state index in [9.17, 15) is 9.59 Å². The lowest BCUT2D eigenvalue weighted by Crippen LogP contribution is -2.51. The first-order valence-electron chi connectivity index (χ1n) is 5.87. The lowest BCUT2D eigenvalue weighted by molar-refractivity contribution is -0.309. The number of thioether (sulfide) groups is 1. The van der Waals surface area contributed by atoms with Gasteiger partial charge < -0.3 is 11.1 Å². The molecule has 4 N–H and O–H groups in total. The summed E-state index contributed by atoms with van der Waals surface area (Å²) in [7, 11) is 0. The summed E-state index contributed by atoms with van der Waals surface area (Å²) < 4.78 is 0. The molecule has 0 aliphatic carbocycles. The number of ketones is 1. The van der Waals surface area contributed by atoms with E-state index >= 15 is 0 Å². The summed E-state index contributed by atoms with van der Waals surface area (Å²) in [6.45, 7) is 4.98. The van der Waals surface area contributed by atoms with Crippen LogP contribution in [0, 0.1) is 17.2 Å². The van der Waals surface area contributed by atoms with Crippen molar-refractivity contribution in [1.82, 2.24) is 0 Å². The van der Waals surface area contributed by atoms with E-state index in [2.05, 4.69) is 17.6 Å². The summed E-state index contributed by atoms with van der Waals surface area (Å²) in [6.07, 6.45) is 0. The summed E-state index contributed by atoms with van der Waals surface area (Å²) in [4.78, 5) is 23.6. The molecule has 0 aromatic heterocycles. The third-order valence-corrected chi connectivity index (χ3v) is 3.45. The molecule has 0 fully saturated rings. The van der Waals surface area contributed by atoms with Gasteiger partial charge in [-0.05, 0) is 30.8 Å². The normalized spacial score (nSPS) is 11.2. The zero-order valence-corrected chi connectivity index (χ0v) is 12.0. The average Bonchev–Trinajstić information content (AvgIpc) is 2.37. The molecule has 5 nitrogen and oxygen atoms in total. The quantitative estimate of drug-likeness (QED) is 0.769. The molecule has 1 aromatic carbocycles. The summed E-state index contributed by atoms with van der Waals surface area (Å²) in [5.74, 6) is -0.998. The zero-order valence-electron chi connectivity index (χ0n) is 11.2. The van der Waals surface area contributed by atoms with Crippen LogP contribution in [-0.4, -0.2) is 17.4 Å². The minimum atomic E-state index is -0.846. The number of nitriles is 1. The van der Waals surface area contributed by atoms with Gasteiger partial charge >= 0.3 is 0 Å². The average molecular weight is 290 g/mol. The first-order chi connectivity index (χ1) is 9.43. The Bertz CT molecular complexity index is 561. The number of Topliss-reactive ketones (excluding diaryl/α,β-unsaturated/α-hetero) is 1. The van der Waals surface area contributed by atoms with E-state index in [-0.39, 0.29) is 17.4 Å². The molecule has 1 atom stereocenters. The standard InChI is InChI=1S/C14H15N3O2S/c1-9(16)13(7-15)14(19)8-20-12-5-3-11(4-6-12)17-10(2)18/h3-6,13H,1,8,16H2,2H3,(H,17,18)/p+1/t13-/m0/s1. The predicted molar refractivity (Wildman–Crippen MR) is 77.6 cm³/mol. The largest absolute Gasteiger partial charge is 0.328 e. The van der Waals surface area contributed by atoms with Crippen LogP contribution in [0.5, 0.6) is 0 Å². The molecule has 1 aromatic rings. The zero-order chi connectivity index (χ0) is 15.1. The molecule has 0 unspecified atom stereocenters. The number of amides is 1. The van der Waals surface area contributed by atoms with Crippen molar-refractivity contribution >= 4 is 29.1 Å². The molecule has 0 saturated carbocycles. The van der Waals surface area contributed by atoms with Crippen molar-refractivity contribution in [3.8, 4) is 6.07 Å². The number of carbonyl (C=O) groups excluding carboxylic acids is 2. The molecule has 6 heteroatoms. The van der Waals surface area contributed by atoms with Crippen molar-refractivity contribution < 1.29 is 15.3 Å². The van der Waals surface area contributed by atoms with Crippen LogP contribution in [0.15, 0.2) is 41.4 Å². The number of allylic oxidation sites excluding steroid dienone is 1. The van der Waals surface area contributed by atoms with E-state index in [0.717, 1.165) is 4.90 Å². The third-order valence-electron chi connectivity index (χ3n) is 2.42. The maximum absolute atomic E-state index is 11.8. The second-order valence-corrected chi connectivity index (χ2v) is 5.23. The highest BCUT2D eigenvalue weighted by Crippen LogP contribution is 2.21. The van der Waals surface area contributed by atoms with E-state index < -0.39 is 5.92 Å². The highest BCUT2D eigenvalue weighted by atomic mass is 32.2. The second kappa shape index (κ2) is 7.48. The summed E-state index contributed by atoms with van der Waals surface area (Å²) >= 11 is 1.33. The van der Waals surface area contributed by atoms with Gasteiger partial charge in [-0.15, -0.1) is 11.8 Å². The Kier molecular flexibility index (Phi) is 5.97. The number of rotatable bonds is 6. The molecule has 1 rings (SSSR count). The highest BCUT2D eigenvalue weighted by molar-refractivity contribution is 8.00. The molecule has 0 bridgehead atoms. The minimum absolute atomic E-state index is 0.133. The molecule has 0 aliphatic heterocycles. The Hall–Kier alpha value is -2.10. The molecular formula is C14H16N3O2S+. The molecule has 0 saturated heterocycles. The number of quaternary nitrogens is 1. The smallest absolute Gasteiger partial charge is 0.221 e. The third kappa shape index (κ3) is 4.88. The van der Waals surface area contributed by atoms with Crippen molar-refractivity contribution in [2.24, 2.45) is 5.92 Å². The van der Waals surface area contributed by atoms with Crippen LogP contribution in [0.3, 0.4) is 0 Å². The van der Waals surface area contributed by atoms with Crippen molar-refractivity contribution in [2.75, 3.05) is 11.1 Å². The number of hydrogen-bond donors (Lipinski definition) is 2. The van der Waals surface area contributed by atoms with E-state index in [1.165, 1.54) is 18.7 Å². The molecule has 0 spiro atoms. The van der Waals surface area contributed by atoms with Gasteiger partial charge in [0.05, 0.1) is 11.8 Å². The Morgan fingerprint density at radius 3 is 2.50 bits per heavy atom. The van der Waals surface area contributed by atoms with Gasteiger partial charge in [0.1, 0.15) is 5.70 Å². The molecule has 0 aliphatic rings. The monoisotopic (exact) mass is 290 g/mol. The SMILES string of the molecule is C=C([NH3+])[C@H](C#N)C(=O)CSc1ccc(NC(C)=O)cc1. The van der Waals surface area contributed by atoms with Crippen molar-refractivity contribution in [3.63, 3.8) is 0 Å². The summed E-state index contributed by atoms with van der Waals surface area (Å²) in [5.41, 5.74) is 4.56. The fourth-order valence-electron chi connectivity index (χ4n) is 1.47. The molecule has 0 heterocycles. The Labute approximate surface area is 121 Å². The van der Waals surface area contributed by atoms with E-state index in [4.69, 9.17) is 5.26 Å². The number of anilines is 1. The van der Waals surface area contributed by atoms with Gasteiger partial charge in [-0.2, -0.15) is 5.26 Å². The first kappa shape index (κ1) is 16.0. The summed E-state index contributed by atoms with van der Waals surface area (Å²) in [6, 6.07) is 9.03. The molecular weight excluding hydrogens is 274 g/mol. The minimum Gasteiger partial charge on any atom is -0.328 e. The van der Waals surface area contributed by atoms with Gasteiger partial charge in [0.2, 0.25) is 5.91 Å². The van der Waals surface area contributed by atoms with Gasteiger partial charge in [0.25, 0.3) is 0 Å². The Morgan fingerprint density at radius 2 is 2.05 bits per heavy atom. The van der Waals surface area contributed by atoms with Crippen LogP contribution in [-0.2, 0) is 9.59 Å². The number of hydrogen-bond acceptors (Lipinski definition) is 4. The van der Waals surface area contributed by atoms with Crippen molar-refractivity contribution in [3.05, 3.63) is 36.5 Å². The van der Waals surface area contributed by atoms with Gasteiger partial charge in [-0.3, -0.25) is 9.59 Å². The first-order valence-corrected chi connectivity index (χ1v) is 6.86. The van der Waals surface area contributed by atoms with Gasteiger partial charge in [0, 0.05) is 17.5 Å². The van der Waals surface area contributed by atoms with Crippen LogP contribution in [0.4, 0.5) is 5.69 Å². The highest BCUT2D eigenvalue weighted by Gasteiger charge is 2.21. The lowest BCUT2D eigenvalue weighted by Gasteiger charge is -2.06. The van der Waals surface area contributed by atoms with Gasteiger partial charge in [-0.1, -0.05) is 0 Å². The molecule has 20 heavy (non-hydrogen) atoms.